The fourth-order valence-corrected chi connectivity index (χ4v) is 5.68. The molecule has 0 amide bonds. The number of benzene rings is 5. The third kappa shape index (κ3) is 6.58. The minimum atomic E-state index is 0.672. The SMILES string of the molecule is CCCCc1cnc(N=Nc2ccc(N=Nc3ccc(N=Nc4ccc(N(C)C)c5ccccc45)c4ccccc34)cc2)s1. The van der Waals surface area contributed by atoms with Gasteiger partial charge in [-0.05, 0) is 61.4 Å². The number of aromatic nitrogens is 1. The van der Waals surface area contributed by atoms with E-state index in [-0.39, 0.29) is 0 Å². The summed E-state index contributed by atoms with van der Waals surface area (Å²) in [7, 11) is 4.09. The van der Waals surface area contributed by atoms with Gasteiger partial charge in [0, 0.05) is 52.4 Å². The van der Waals surface area contributed by atoms with Crippen LogP contribution >= 0.6 is 11.3 Å². The van der Waals surface area contributed by atoms with Gasteiger partial charge in [0.15, 0.2) is 0 Å². The number of rotatable bonds is 10. The van der Waals surface area contributed by atoms with Gasteiger partial charge in [-0.25, -0.2) is 4.98 Å². The molecule has 5 aromatic carbocycles. The van der Waals surface area contributed by atoms with Crippen molar-refractivity contribution in [2.24, 2.45) is 30.7 Å². The third-order valence-corrected chi connectivity index (χ3v) is 8.14. The molecule has 0 unspecified atom stereocenters. The van der Waals surface area contributed by atoms with E-state index in [2.05, 4.69) is 65.7 Å². The number of anilines is 1. The summed E-state index contributed by atoms with van der Waals surface area (Å²) in [5.74, 6) is 0. The normalized spacial score (nSPS) is 12.0. The second-order valence-electron chi connectivity index (χ2n) is 10.5. The number of hydrogen-bond donors (Lipinski definition) is 0. The van der Waals surface area contributed by atoms with Crippen LogP contribution in [0.25, 0.3) is 21.5 Å². The van der Waals surface area contributed by atoms with Crippen LogP contribution < -0.4 is 4.90 Å². The predicted molar refractivity (Wildman–Crippen MR) is 182 cm³/mol. The first-order valence-corrected chi connectivity index (χ1v) is 15.4. The van der Waals surface area contributed by atoms with Gasteiger partial charge in [0.1, 0.15) is 0 Å². The summed E-state index contributed by atoms with van der Waals surface area (Å²) in [6.07, 6.45) is 5.25. The van der Waals surface area contributed by atoms with E-state index in [4.69, 9.17) is 0 Å². The molecule has 0 bridgehead atoms. The Morgan fingerprint density at radius 1 is 0.591 bits per heavy atom. The van der Waals surface area contributed by atoms with Gasteiger partial charge >= 0.3 is 0 Å². The average molecular weight is 597 g/mol. The lowest BCUT2D eigenvalue weighted by Gasteiger charge is -2.16. The van der Waals surface area contributed by atoms with Gasteiger partial charge in [0.25, 0.3) is 0 Å². The first-order chi connectivity index (χ1) is 21.6. The fourth-order valence-electron chi connectivity index (χ4n) is 4.90. The molecule has 44 heavy (non-hydrogen) atoms. The lowest BCUT2D eigenvalue weighted by atomic mass is 10.1. The van der Waals surface area contributed by atoms with Crippen LogP contribution in [0.3, 0.4) is 0 Å². The summed E-state index contributed by atoms with van der Waals surface area (Å²) in [6.45, 7) is 2.19. The Morgan fingerprint density at radius 2 is 1.09 bits per heavy atom. The van der Waals surface area contributed by atoms with Crippen LogP contribution in [-0.2, 0) is 6.42 Å². The maximum absolute atomic E-state index is 4.67. The van der Waals surface area contributed by atoms with Crippen molar-refractivity contribution in [3.63, 3.8) is 0 Å². The Labute approximate surface area is 260 Å². The van der Waals surface area contributed by atoms with Crippen molar-refractivity contribution in [3.8, 4) is 0 Å². The molecule has 0 N–H and O–H groups in total. The number of hydrogen-bond acceptors (Lipinski definition) is 9. The first-order valence-electron chi connectivity index (χ1n) is 14.6. The number of aryl methyl sites for hydroxylation is 1. The van der Waals surface area contributed by atoms with Crippen molar-refractivity contribution in [3.05, 3.63) is 108 Å². The molecule has 0 aliphatic rings. The number of fused-ring (bicyclic) bond motifs is 2. The highest BCUT2D eigenvalue weighted by molar-refractivity contribution is 7.15. The first kappa shape index (κ1) is 28.9. The van der Waals surface area contributed by atoms with E-state index in [1.54, 1.807) is 11.3 Å². The summed E-state index contributed by atoms with van der Waals surface area (Å²) < 4.78 is 0. The molecular formula is C35H32N8S. The van der Waals surface area contributed by atoms with Crippen molar-refractivity contribution in [1.29, 1.82) is 0 Å². The van der Waals surface area contributed by atoms with Crippen LogP contribution in [0, 0.1) is 0 Å². The molecule has 0 saturated heterocycles. The standard InChI is InChI=1S/C35H32N8S/c1-4-5-10-26-23-36-35(44-26)42-38-25-17-15-24(16-18-25)37-39-31-19-20-32(28-12-7-6-11-27(28)31)40-41-33-21-22-34(43(2)3)30-14-9-8-13-29(30)33/h6-9,11-23H,4-5,10H2,1-3H3. The maximum Gasteiger partial charge on any atom is 0.230 e. The number of azo groups is 3. The van der Waals surface area contributed by atoms with Crippen molar-refractivity contribution in [2.45, 2.75) is 26.2 Å². The predicted octanol–water partition coefficient (Wildman–Crippen LogP) is 12.1. The van der Waals surface area contributed by atoms with E-state index in [1.165, 1.54) is 4.88 Å². The Bertz CT molecular complexity index is 1990. The largest absolute Gasteiger partial charge is 0.377 e. The Kier molecular flexibility index (Phi) is 8.84. The monoisotopic (exact) mass is 596 g/mol. The lowest BCUT2D eigenvalue weighted by Crippen LogP contribution is -2.08. The van der Waals surface area contributed by atoms with Crippen LogP contribution in [0.1, 0.15) is 24.6 Å². The van der Waals surface area contributed by atoms with Gasteiger partial charge < -0.3 is 4.90 Å². The molecule has 0 saturated carbocycles. The molecule has 8 nitrogen and oxygen atoms in total. The molecule has 218 valence electrons. The molecule has 6 aromatic rings. The minimum absolute atomic E-state index is 0.672. The highest BCUT2D eigenvalue weighted by Crippen LogP contribution is 2.37. The number of nitrogens with zero attached hydrogens (tertiary/aromatic N) is 8. The van der Waals surface area contributed by atoms with Gasteiger partial charge in [-0.3, -0.25) is 0 Å². The van der Waals surface area contributed by atoms with Crippen LogP contribution in [0.4, 0.5) is 39.3 Å². The topological polar surface area (TPSA) is 90.3 Å². The van der Waals surface area contributed by atoms with Gasteiger partial charge in [-0.1, -0.05) is 73.2 Å². The lowest BCUT2D eigenvalue weighted by molar-refractivity contribution is 0.803. The van der Waals surface area contributed by atoms with Crippen LogP contribution in [0.2, 0.25) is 0 Å². The molecule has 0 radical (unpaired) electrons. The molecule has 9 heteroatoms. The number of unbranched alkanes of at least 4 members (excludes halogenated alkanes) is 1. The summed E-state index contributed by atoms with van der Waals surface area (Å²) >= 11 is 1.59. The zero-order chi connectivity index (χ0) is 30.3. The fraction of sp³-hybridized carbons (Fsp3) is 0.171. The second kappa shape index (κ2) is 13.4. The van der Waals surface area contributed by atoms with E-state index in [9.17, 15) is 0 Å². The van der Waals surface area contributed by atoms with Gasteiger partial charge in [0.2, 0.25) is 5.13 Å². The molecule has 0 fully saturated rings. The maximum atomic E-state index is 4.67. The average Bonchev–Trinajstić information content (AvgIpc) is 3.52. The smallest absolute Gasteiger partial charge is 0.230 e. The van der Waals surface area contributed by atoms with E-state index >= 15 is 0 Å². The van der Waals surface area contributed by atoms with Gasteiger partial charge in [0.05, 0.1) is 28.4 Å². The van der Waals surface area contributed by atoms with Crippen molar-refractivity contribution < 1.29 is 0 Å². The van der Waals surface area contributed by atoms with E-state index < -0.39 is 0 Å². The van der Waals surface area contributed by atoms with E-state index in [0.717, 1.165) is 74.9 Å². The van der Waals surface area contributed by atoms with Gasteiger partial charge in [-0.2, -0.15) is 5.11 Å². The summed E-state index contributed by atoms with van der Waals surface area (Å²) in [5.41, 5.74) is 4.95. The Balaban J connectivity index is 1.20. The molecule has 6 rings (SSSR count). The van der Waals surface area contributed by atoms with E-state index in [0.29, 0.717) is 5.13 Å². The quantitative estimate of drug-likeness (QED) is 0.147. The zero-order valence-electron chi connectivity index (χ0n) is 24.9. The molecule has 0 aliphatic heterocycles. The highest BCUT2D eigenvalue weighted by Gasteiger charge is 2.09. The molecule has 0 aliphatic carbocycles. The van der Waals surface area contributed by atoms with Crippen LogP contribution in [0.15, 0.2) is 134 Å². The van der Waals surface area contributed by atoms with Crippen molar-refractivity contribution >= 4 is 72.1 Å². The second-order valence-corrected chi connectivity index (χ2v) is 11.6. The minimum Gasteiger partial charge on any atom is -0.377 e. The van der Waals surface area contributed by atoms with Crippen LogP contribution in [-0.4, -0.2) is 19.1 Å². The zero-order valence-corrected chi connectivity index (χ0v) is 25.7. The van der Waals surface area contributed by atoms with E-state index in [1.807, 2.05) is 99.2 Å². The number of thiazole rings is 1. The summed E-state index contributed by atoms with van der Waals surface area (Å²) in [5, 5.41) is 31.8. The Morgan fingerprint density at radius 3 is 1.66 bits per heavy atom. The molecule has 1 aromatic heterocycles. The van der Waals surface area contributed by atoms with Crippen molar-refractivity contribution in [1.82, 2.24) is 4.98 Å². The summed E-state index contributed by atoms with van der Waals surface area (Å²) in [4.78, 5) is 7.70. The Hall–Kier alpha value is -5.15. The molecule has 1 heterocycles. The van der Waals surface area contributed by atoms with Crippen molar-refractivity contribution in [2.75, 3.05) is 19.0 Å². The highest BCUT2D eigenvalue weighted by atomic mass is 32.1. The van der Waals surface area contributed by atoms with Crippen LogP contribution in [0.5, 0.6) is 0 Å². The molecular weight excluding hydrogens is 565 g/mol. The third-order valence-electron chi connectivity index (χ3n) is 7.20. The molecule has 0 spiro atoms. The summed E-state index contributed by atoms with van der Waals surface area (Å²) in [6, 6.07) is 31.8. The van der Waals surface area contributed by atoms with Gasteiger partial charge in [-0.15, -0.1) is 25.6 Å². The molecule has 0 atom stereocenters.